The number of rotatable bonds is 14. The van der Waals surface area contributed by atoms with Crippen LogP contribution in [0.3, 0.4) is 0 Å². The van der Waals surface area contributed by atoms with E-state index >= 15 is 0 Å². The molecule has 1 N–H and O–H groups in total. The van der Waals surface area contributed by atoms with Crippen molar-refractivity contribution in [2.24, 2.45) is 0 Å². The highest BCUT2D eigenvalue weighted by Crippen LogP contribution is 2.26. The normalized spacial score (nSPS) is 12.7. The van der Waals surface area contributed by atoms with Crippen molar-refractivity contribution in [3.63, 3.8) is 0 Å². The van der Waals surface area contributed by atoms with Gasteiger partial charge in [-0.1, -0.05) is 37.3 Å². The van der Waals surface area contributed by atoms with Gasteiger partial charge in [0.1, 0.15) is 24.2 Å². The minimum atomic E-state index is -4.26. The third kappa shape index (κ3) is 8.53. The second-order valence-corrected chi connectivity index (χ2v) is 11.6. The summed E-state index contributed by atoms with van der Waals surface area (Å²) in [6, 6.07) is 19.3. The van der Waals surface area contributed by atoms with Crippen molar-refractivity contribution >= 4 is 27.5 Å². The highest BCUT2D eigenvalue weighted by molar-refractivity contribution is 7.92. The zero-order valence-corrected chi connectivity index (χ0v) is 24.7. The molecule has 8 nitrogen and oxygen atoms in total. The summed E-state index contributed by atoms with van der Waals surface area (Å²) in [5.74, 6) is -0.933. The van der Waals surface area contributed by atoms with E-state index in [1.165, 1.54) is 41.3 Å². The van der Waals surface area contributed by atoms with Crippen molar-refractivity contribution in [2.45, 2.75) is 57.5 Å². The Morgan fingerprint density at radius 2 is 1.56 bits per heavy atom. The maximum Gasteiger partial charge on any atom is 0.264 e. The van der Waals surface area contributed by atoms with E-state index in [1.807, 2.05) is 51.1 Å². The fraction of sp³-hybridized carbons (Fsp3) is 0.355. The summed E-state index contributed by atoms with van der Waals surface area (Å²) in [6.07, 6.45) is 1.19. The van der Waals surface area contributed by atoms with E-state index in [1.54, 1.807) is 6.92 Å². The summed E-state index contributed by atoms with van der Waals surface area (Å²) in [7, 11) is -4.26. The first-order valence-corrected chi connectivity index (χ1v) is 15.2. The number of anilines is 1. The van der Waals surface area contributed by atoms with Crippen LogP contribution in [-0.4, -0.2) is 56.9 Å². The molecule has 0 bridgehead atoms. The van der Waals surface area contributed by atoms with Crippen molar-refractivity contribution in [1.82, 2.24) is 10.2 Å². The van der Waals surface area contributed by atoms with Crippen LogP contribution in [0.2, 0.25) is 0 Å². The van der Waals surface area contributed by atoms with E-state index < -0.39 is 34.3 Å². The van der Waals surface area contributed by atoms with Crippen molar-refractivity contribution in [3.8, 4) is 5.75 Å². The fourth-order valence-electron chi connectivity index (χ4n) is 4.17. The molecule has 0 aliphatic rings. The van der Waals surface area contributed by atoms with Crippen LogP contribution in [0.25, 0.3) is 0 Å². The highest BCUT2D eigenvalue weighted by atomic mass is 32.2. The molecule has 3 rings (SSSR count). The van der Waals surface area contributed by atoms with Gasteiger partial charge in [0.15, 0.2) is 0 Å². The second-order valence-electron chi connectivity index (χ2n) is 9.71. The van der Waals surface area contributed by atoms with E-state index in [-0.39, 0.29) is 29.1 Å². The van der Waals surface area contributed by atoms with Gasteiger partial charge in [-0.15, -0.1) is 0 Å². The second kappa shape index (κ2) is 14.6. The number of sulfonamides is 1. The number of nitrogens with one attached hydrogen (secondary N) is 1. The third-order valence-corrected chi connectivity index (χ3v) is 8.56. The van der Waals surface area contributed by atoms with Crippen LogP contribution in [0.1, 0.15) is 39.7 Å². The summed E-state index contributed by atoms with van der Waals surface area (Å²) in [5.41, 5.74) is 1.09. The lowest BCUT2D eigenvalue weighted by molar-refractivity contribution is -0.139. The van der Waals surface area contributed by atoms with Gasteiger partial charge in [0.25, 0.3) is 10.0 Å². The van der Waals surface area contributed by atoms with E-state index in [2.05, 4.69) is 5.32 Å². The van der Waals surface area contributed by atoms with E-state index in [0.717, 1.165) is 28.4 Å². The number of carbonyl (C=O) groups is 2. The summed E-state index contributed by atoms with van der Waals surface area (Å²) in [6.45, 7) is 7.30. The fourth-order valence-corrected chi connectivity index (χ4v) is 5.59. The van der Waals surface area contributed by atoms with Gasteiger partial charge in [-0.2, -0.15) is 0 Å². The number of amides is 2. The van der Waals surface area contributed by atoms with Crippen molar-refractivity contribution in [2.75, 3.05) is 24.0 Å². The quantitative estimate of drug-likeness (QED) is 0.294. The largest absolute Gasteiger partial charge is 0.494 e. The molecule has 0 heterocycles. The molecule has 0 saturated heterocycles. The van der Waals surface area contributed by atoms with Crippen LogP contribution in [0.4, 0.5) is 10.1 Å². The number of ether oxygens (including phenoxy) is 1. The number of halogens is 1. The maximum absolute atomic E-state index is 13.9. The molecule has 220 valence electrons. The number of hydrogen-bond acceptors (Lipinski definition) is 5. The minimum Gasteiger partial charge on any atom is -0.494 e. The Balaban J connectivity index is 1.96. The number of hydrogen-bond donors (Lipinski definition) is 1. The first kappa shape index (κ1) is 31.6. The molecule has 3 aromatic carbocycles. The van der Waals surface area contributed by atoms with Crippen molar-refractivity contribution < 1.29 is 27.1 Å². The van der Waals surface area contributed by atoms with Gasteiger partial charge in [-0.25, -0.2) is 12.8 Å². The van der Waals surface area contributed by atoms with Crippen LogP contribution >= 0.6 is 0 Å². The Hall–Kier alpha value is -3.92. The number of nitrogens with zero attached hydrogens (tertiary/aromatic N) is 2. The first-order valence-electron chi connectivity index (χ1n) is 13.7. The van der Waals surface area contributed by atoms with Crippen LogP contribution in [0, 0.1) is 5.82 Å². The average molecular weight is 584 g/mol. The molecule has 41 heavy (non-hydrogen) atoms. The maximum atomic E-state index is 13.9. The predicted molar refractivity (Wildman–Crippen MR) is 158 cm³/mol. The van der Waals surface area contributed by atoms with E-state index in [0.29, 0.717) is 18.8 Å². The molecule has 0 radical (unpaired) electrons. The lowest BCUT2D eigenvalue weighted by atomic mass is 10.1. The first-order chi connectivity index (χ1) is 19.6. The lowest BCUT2D eigenvalue weighted by Gasteiger charge is -2.32. The van der Waals surface area contributed by atoms with Crippen LogP contribution in [-0.2, 0) is 26.0 Å². The molecule has 0 saturated carbocycles. The molecule has 0 fully saturated rings. The van der Waals surface area contributed by atoms with Gasteiger partial charge in [0.05, 0.1) is 17.2 Å². The monoisotopic (exact) mass is 583 g/mol. The van der Waals surface area contributed by atoms with Crippen molar-refractivity contribution in [1.29, 1.82) is 0 Å². The van der Waals surface area contributed by atoms with Gasteiger partial charge in [-0.3, -0.25) is 13.9 Å². The molecule has 0 aliphatic heterocycles. The molecule has 2 amide bonds. The Morgan fingerprint density at radius 3 is 2.15 bits per heavy atom. The average Bonchev–Trinajstić information content (AvgIpc) is 2.97. The van der Waals surface area contributed by atoms with Crippen molar-refractivity contribution in [3.05, 3.63) is 90.2 Å². The van der Waals surface area contributed by atoms with Gasteiger partial charge >= 0.3 is 0 Å². The Labute approximate surface area is 242 Å². The Morgan fingerprint density at radius 1 is 0.927 bits per heavy atom. The Bertz CT molecular complexity index is 1380. The number of carbonyl (C=O) groups excluding carboxylic acids is 2. The van der Waals surface area contributed by atoms with Crippen LogP contribution in [0.5, 0.6) is 5.75 Å². The minimum absolute atomic E-state index is 0.0588. The van der Waals surface area contributed by atoms with Crippen LogP contribution in [0.15, 0.2) is 83.8 Å². The molecule has 0 aliphatic carbocycles. The topological polar surface area (TPSA) is 96.0 Å². The van der Waals surface area contributed by atoms with Gasteiger partial charge in [0, 0.05) is 12.6 Å². The summed E-state index contributed by atoms with van der Waals surface area (Å²) >= 11 is 0. The molecule has 10 heteroatoms. The Kier molecular flexibility index (Phi) is 11.3. The van der Waals surface area contributed by atoms with Crippen LogP contribution < -0.4 is 14.4 Å². The summed E-state index contributed by atoms with van der Waals surface area (Å²) in [4.78, 5) is 28.3. The standard InChI is InChI=1S/C31H38FN3O5S/c1-5-23(3)33-31(37)24(4)34(21-20-25-10-8-7-9-11-25)30(36)22-35(27-14-12-26(32)13-15-27)41(38,39)29-18-16-28(17-19-29)40-6-2/h7-19,23-24H,5-6,20-22H2,1-4H3,(H,33,37)/t23-,24+/m1/s1. The molecule has 3 aromatic rings. The summed E-state index contributed by atoms with van der Waals surface area (Å²) in [5, 5.41) is 2.91. The van der Waals surface area contributed by atoms with E-state index in [9.17, 15) is 22.4 Å². The zero-order valence-electron chi connectivity index (χ0n) is 23.9. The smallest absolute Gasteiger partial charge is 0.264 e. The predicted octanol–water partition coefficient (Wildman–Crippen LogP) is 4.79. The molecular formula is C31H38FN3O5S. The summed E-state index contributed by atoms with van der Waals surface area (Å²) < 4.78 is 47.8. The molecule has 0 unspecified atom stereocenters. The zero-order chi connectivity index (χ0) is 30.0. The van der Waals surface area contributed by atoms with Gasteiger partial charge in [0.2, 0.25) is 11.8 Å². The lowest BCUT2D eigenvalue weighted by Crippen LogP contribution is -2.53. The third-order valence-electron chi connectivity index (χ3n) is 6.77. The van der Waals surface area contributed by atoms with Gasteiger partial charge < -0.3 is 15.0 Å². The molecule has 0 aromatic heterocycles. The highest BCUT2D eigenvalue weighted by Gasteiger charge is 2.32. The number of benzene rings is 3. The SMILES string of the molecule is CCOc1ccc(S(=O)(=O)N(CC(=O)N(CCc2ccccc2)[C@@H](C)C(=O)N[C@H](C)CC)c2ccc(F)cc2)cc1. The van der Waals surface area contributed by atoms with E-state index in [4.69, 9.17) is 4.74 Å². The molecule has 0 spiro atoms. The molecular weight excluding hydrogens is 545 g/mol. The molecule has 2 atom stereocenters. The van der Waals surface area contributed by atoms with Gasteiger partial charge in [-0.05, 0) is 87.7 Å².